The van der Waals surface area contributed by atoms with Crippen LogP contribution < -0.4 is 10.6 Å². The fourth-order valence-corrected chi connectivity index (χ4v) is 5.03. The van der Waals surface area contributed by atoms with Gasteiger partial charge < -0.3 is 20.1 Å². The highest BCUT2D eigenvalue weighted by Gasteiger charge is 2.54. The first-order valence-corrected chi connectivity index (χ1v) is 11.6. The molecule has 2 saturated carbocycles. The second kappa shape index (κ2) is 8.28. The molecule has 0 spiro atoms. The predicted octanol–water partition coefficient (Wildman–Crippen LogP) is 2.39. The molecule has 2 heterocycles. The van der Waals surface area contributed by atoms with E-state index < -0.39 is 17.3 Å². The molecule has 2 N–H and O–H groups in total. The Kier molecular flexibility index (Phi) is 5.42. The molecule has 9 heteroatoms. The van der Waals surface area contributed by atoms with E-state index in [1.807, 2.05) is 0 Å². The minimum atomic E-state index is -1.05. The Labute approximate surface area is 191 Å². The number of fused-ring (bicyclic) bond motifs is 1. The number of nitrogens with one attached hydrogen (secondary N) is 2. The number of nitrogens with zero attached hydrogens (tertiary/aromatic N) is 3. The zero-order chi connectivity index (χ0) is 23.2. The number of imidazole rings is 1. The number of amides is 3. The Bertz CT molecular complexity index is 1110. The summed E-state index contributed by atoms with van der Waals surface area (Å²) in [5.74, 6) is -1.47. The third-order valence-electron chi connectivity index (χ3n) is 6.97. The molecule has 2 aromatic rings. The Morgan fingerprint density at radius 3 is 2.61 bits per heavy atom. The molecule has 2 aliphatic carbocycles. The van der Waals surface area contributed by atoms with E-state index in [1.165, 1.54) is 12.4 Å². The minimum Gasteiger partial charge on any atom is -0.351 e. The number of hydrogen-bond donors (Lipinski definition) is 2. The minimum absolute atomic E-state index is 0.000223. The van der Waals surface area contributed by atoms with Gasteiger partial charge in [-0.1, -0.05) is 31.0 Å². The maximum atomic E-state index is 13.9. The van der Waals surface area contributed by atoms with Crippen LogP contribution in [0.4, 0.5) is 4.39 Å². The molecule has 0 saturated heterocycles. The Balaban J connectivity index is 1.39. The third-order valence-corrected chi connectivity index (χ3v) is 6.97. The lowest BCUT2D eigenvalue weighted by Gasteiger charge is -2.44. The van der Waals surface area contributed by atoms with Crippen LogP contribution in [-0.4, -0.2) is 49.8 Å². The molecule has 5 rings (SSSR count). The number of carbonyl (C=O) groups excluding carboxylic acids is 3. The lowest BCUT2D eigenvalue weighted by Crippen LogP contribution is -2.65. The van der Waals surface area contributed by atoms with Gasteiger partial charge in [0.1, 0.15) is 17.1 Å². The monoisotopic (exact) mass is 453 g/mol. The van der Waals surface area contributed by atoms with Crippen molar-refractivity contribution in [2.75, 3.05) is 0 Å². The molecule has 174 valence electrons. The van der Waals surface area contributed by atoms with Crippen molar-refractivity contribution in [2.24, 2.45) is 0 Å². The summed E-state index contributed by atoms with van der Waals surface area (Å²) in [5.41, 5.74) is -0.518. The van der Waals surface area contributed by atoms with Gasteiger partial charge in [0.15, 0.2) is 5.69 Å². The summed E-state index contributed by atoms with van der Waals surface area (Å²) >= 11 is 0. The standard InChI is InChI=1S/C24H28FN5O3/c1-24(23(33)28-16-7-3-4-8-16)13-29-14-27-19(20(29)22(32)30(24)17-10-11-17)21(31)26-12-15-6-2-5-9-18(15)25/h2,5-6,9,14,16-17H,3-4,7-8,10-13H2,1H3,(H,26,31)(H,28,33). The first-order chi connectivity index (χ1) is 15.9. The Morgan fingerprint density at radius 1 is 1.18 bits per heavy atom. The zero-order valence-corrected chi connectivity index (χ0v) is 18.6. The molecule has 3 aliphatic rings. The van der Waals surface area contributed by atoms with Crippen molar-refractivity contribution >= 4 is 17.7 Å². The number of aromatic nitrogens is 2. The maximum Gasteiger partial charge on any atom is 0.274 e. The zero-order valence-electron chi connectivity index (χ0n) is 18.6. The van der Waals surface area contributed by atoms with Crippen molar-refractivity contribution in [3.8, 4) is 0 Å². The summed E-state index contributed by atoms with van der Waals surface area (Å²) in [6, 6.07) is 6.32. The highest BCUT2D eigenvalue weighted by atomic mass is 19.1. The van der Waals surface area contributed by atoms with Gasteiger partial charge in [-0.25, -0.2) is 9.37 Å². The van der Waals surface area contributed by atoms with Gasteiger partial charge in [0.25, 0.3) is 11.8 Å². The van der Waals surface area contributed by atoms with Gasteiger partial charge in [-0.2, -0.15) is 0 Å². The van der Waals surface area contributed by atoms with Crippen LogP contribution >= 0.6 is 0 Å². The van der Waals surface area contributed by atoms with Crippen LogP contribution in [-0.2, 0) is 17.9 Å². The van der Waals surface area contributed by atoms with E-state index in [-0.39, 0.29) is 48.4 Å². The van der Waals surface area contributed by atoms with Crippen molar-refractivity contribution < 1.29 is 18.8 Å². The molecule has 33 heavy (non-hydrogen) atoms. The van der Waals surface area contributed by atoms with Crippen molar-refractivity contribution in [3.63, 3.8) is 0 Å². The number of rotatable bonds is 6. The number of carbonyl (C=O) groups is 3. The van der Waals surface area contributed by atoms with Crippen LogP contribution in [0.25, 0.3) is 0 Å². The molecule has 0 bridgehead atoms. The van der Waals surface area contributed by atoms with Gasteiger partial charge in [0, 0.05) is 24.2 Å². The lowest BCUT2D eigenvalue weighted by molar-refractivity contribution is -0.134. The van der Waals surface area contributed by atoms with Crippen LogP contribution in [0.5, 0.6) is 0 Å². The lowest BCUT2D eigenvalue weighted by atomic mass is 9.93. The maximum absolute atomic E-state index is 13.9. The van der Waals surface area contributed by atoms with E-state index in [2.05, 4.69) is 15.6 Å². The molecule has 8 nitrogen and oxygen atoms in total. The summed E-state index contributed by atoms with van der Waals surface area (Å²) in [6.45, 7) is 2.02. The summed E-state index contributed by atoms with van der Waals surface area (Å²) in [7, 11) is 0. The van der Waals surface area contributed by atoms with Crippen LogP contribution in [0.1, 0.15) is 72.0 Å². The molecule has 1 aliphatic heterocycles. The van der Waals surface area contributed by atoms with E-state index in [9.17, 15) is 18.8 Å². The van der Waals surface area contributed by atoms with E-state index in [0.717, 1.165) is 38.5 Å². The van der Waals surface area contributed by atoms with Crippen molar-refractivity contribution in [3.05, 3.63) is 53.4 Å². The smallest absolute Gasteiger partial charge is 0.274 e. The van der Waals surface area contributed by atoms with E-state index in [0.29, 0.717) is 5.56 Å². The number of hydrogen-bond acceptors (Lipinski definition) is 4. The van der Waals surface area contributed by atoms with E-state index in [1.54, 1.807) is 34.6 Å². The molecular formula is C24H28FN5O3. The van der Waals surface area contributed by atoms with Crippen LogP contribution in [0.15, 0.2) is 30.6 Å². The number of halogens is 1. The fourth-order valence-electron chi connectivity index (χ4n) is 5.03. The van der Waals surface area contributed by atoms with Crippen LogP contribution in [0.3, 0.4) is 0 Å². The van der Waals surface area contributed by atoms with Crippen LogP contribution in [0, 0.1) is 5.82 Å². The average molecular weight is 454 g/mol. The second-order valence-electron chi connectivity index (χ2n) is 9.48. The van der Waals surface area contributed by atoms with Gasteiger partial charge in [0.2, 0.25) is 5.91 Å². The topological polar surface area (TPSA) is 96.3 Å². The Hall–Kier alpha value is -3.23. The first-order valence-electron chi connectivity index (χ1n) is 11.6. The van der Waals surface area contributed by atoms with Gasteiger partial charge in [-0.3, -0.25) is 14.4 Å². The molecule has 3 amide bonds. The molecule has 2 fully saturated rings. The third kappa shape index (κ3) is 3.89. The molecule has 1 aromatic carbocycles. The predicted molar refractivity (Wildman–Crippen MR) is 118 cm³/mol. The van der Waals surface area contributed by atoms with Crippen molar-refractivity contribution in [1.82, 2.24) is 25.1 Å². The summed E-state index contributed by atoms with van der Waals surface area (Å²) < 4.78 is 15.5. The SMILES string of the molecule is CC1(C(=O)NC2CCCC2)Cn2cnc(C(=O)NCc3ccccc3F)c2C(=O)N1C1CC1. The molecular weight excluding hydrogens is 425 g/mol. The quantitative estimate of drug-likeness (QED) is 0.702. The summed E-state index contributed by atoms with van der Waals surface area (Å²) in [4.78, 5) is 45.7. The van der Waals surface area contributed by atoms with E-state index in [4.69, 9.17) is 0 Å². The molecule has 0 radical (unpaired) electrons. The normalized spacial score (nSPS) is 22.8. The average Bonchev–Trinajstić information content (AvgIpc) is 3.30. The van der Waals surface area contributed by atoms with Gasteiger partial charge in [-0.05, 0) is 38.7 Å². The largest absolute Gasteiger partial charge is 0.351 e. The first kappa shape index (κ1) is 21.6. The van der Waals surface area contributed by atoms with Gasteiger partial charge in [0.05, 0.1) is 12.9 Å². The van der Waals surface area contributed by atoms with Gasteiger partial charge >= 0.3 is 0 Å². The number of benzene rings is 1. The fraction of sp³-hybridized carbons (Fsp3) is 0.500. The van der Waals surface area contributed by atoms with Gasteiger partial charge in [-0.15, -0.1) is 0 Å². The molecule has 1 atom stereocenters. The van der Waals surface area contributed by atoms with E-state index >= 15 is 0 Å². The highest BCUT2D eigenvalue weighted by Crippen LogP contribution is 2.39. The van der Waals surface area contributed by atoms with Crippen molar-refractivity contribution in [2.45, 2.75) is 76.2 Å². The summed E-state index contributed by atoms with van der Waals surface area (Å²) in [6.07, 6.45) is 7.23. The second-order valence-corrected chi connectivity index (χ2v) is 9.48. The molecule has 1 unspecified atom stereocenters. The van der Waals surface area contributed by atoms with Crippen LogP contribution in [0.2, 0.25) is 0 Å². The van der Waals surface area contributed by atoms with Crippen molar-refractivity contribution in [1.29, 1.82) is 0 Å². The highest BCUT2D eigenvalue weighted by molar-refractivity contribution is 6.07. The molecule has 1 aromatic heterocycles. The summed E-state index contributed by atoms with van der Waals surface area (Å²) in [5, 5.41) is 5.80. The Morgan fingerprint density at radius 2 is 1.91 bits per heavy atom.